The number of benzene rings is 4. The lowest BCUT2D eigenvalue weighted by atomic mass is 9.86. The zero-order chi connectivity index (χ0) is 47.3. The maximum absolute atomic E-state index is 14.1. The Bertz CT molecular complexity index is 2780. The normalized spacial score (nSPS) is 11.1. The van der Waals surface area contributed by atoms with E-state index in [9.17, 15) is 38.2 Å². The first-order valence-corrected chi connectivity index (χ1v) is 20.9. The number of carbonyl (C=O) groups excluding carboxylic acids is 2. The quantitative estimate of drug-likeness (QED) is 0.0337. The van der Waals surface area contributed by atoms with Crippen molar-refractivity contribution in [3.05, 3.63) is 164 Å². The average Bonchev–Trinajstić information content (AvgIpc) is 3.32. The van der Waals surface area contributed by atoms with Crippen molar-refractivity contribution in [1.82, 2.24) is 19.9 Å². The van der Waals surface area contributed by atoms with Crippen LogP contribution in [0.3, 0.4) is 0 Å². The van der Waals surface area contributed by atoms with E-state index in [0.717, 1.165) is 0 Å². The number of rotatable bonds is 22. The number of ether oxygens (including phenoxy) is 5. The lowest BCUT2D eigenvalue weighted by molar-refractivity contribution is -0.763. The van der Waals surface area contributed by atoms with E-state index in [4.69, 9.17) is 23.7 Å². The molecule has 22 nitrogen and oxygen atoms in total. The van der Waals surface area contributed by atoms with E-state index in [2.05, 4.69) is 34.3 Å². The largest absolute Gasteiger partial charge is 0.493 e. The first-order valence-electron chi connectivity index (χ1n) is 19.4. The van der Waals surface area contributed by atoms with Crippen molar-refractivity contribution in [2.45, 2.75) is 37.4 Å². The molecule has 66 heavy (non-hydrogen) atoms. The Morgan fingerprint density at radius 1 is 0.697 bits per heavy atom. The number of para-hydroxylation sites is 2. The molecule has 6 aromatic rings. The molecule has 0 fully saturated rings. The fraction of sp³-hybridized carbons (Fsp3) is 0.209. The number of hydrogen-bond acceptors (Lipinski definition) is 19. The fourth-order valence-electron chi connectivity index (χ4n) is 5.79. The summed E-state index contributed by atoms with van der Waals surface area (Å²) in [6.07, 6.45) is 2.86. The first kappa shape index (κ1) is 47.0. The number of nitrogens with zero attached hydrogens (tertiary/aromatic N) is 6. The van der Waals surface area contributed by atoms with E-state index in [0.29, 0.717) is 16.7 Å². The molecule has 23 heteroatoms. The minimum absolute atomic E-state index is 0.00304. The summed E-state index contributed by atoms with van der Waals surface area (Å²) in [4.78, 5) is 72.5. The van der Waals surface area contributed by atoms with Gasteiger partial charge in [-0.05, 0) is 71.3 Å². The monoisotopic (exact) mass is 925 g/mol. The van der Waals surface area contributed by atoms with E-state index in [1.54, 1.807) is 56.3 Å². The predicted octanol–water partition coefficient (Wildman–Crippen LogP) is 6.32. The number of nitrogens with one attached hydrogen (secondary N) is 1. The number of esters is 2. The van der Waals surface area contributed by atoms with Gasteiger partial charge in [0.05, 0.1) is 23.1 Å². The van der Waals surface area contributed by atoms with Crippen molar-refractivity contribution >= 4 is 27.8 Å². The number of anilines is 1. The van der Waals surface area contributed by atoms with Gasteiger partial charge in [0.2, 0.25) is 11.6 Å². The Labute approximate surface area is 375 Å². The number of methoxy groups -OCH3 is 1. The smallest absolute Gasteiger partial charge is 0.338 e. The molecule has 0 aliphatic heterocycles. The molecular weight excluding hydrogens is 887 g/mol. The second-order valence-electron chi connectivity index (χ2n) is 14.3. The standard InChI is InChI=1S/C43H39N7O15S/c1-43(2,27-62-42(52)31-15-11-29(12-16-31)26-64-50(55)56)32-17-19-33(20-18-32)66(57,58)48-37-36(65-35-8-5-4-7-34(35)59-3)40(47-39(46-37)38-44-21-6-22-45-38)60-23-24-61-41(51)30-13-9-28(10-14-30)25-63-49(53)54/h4-22H,23-27H2,1-3H3,(H,46,47,48). The van der Waals surface area contributed by atoms with Gasteiger partial charge in [-0.25, -0.2) is 33.0 Å². The lowest BCUT2D eigenvalue weighted by Gasteiger charge is -2.25. The molecule has 0 spiro atoms. The molecule has 1 N–H and O–H groups in total. The summed E-state index contributed by atoms with van der Waals surface area (Å²) in [6, 6.07) is 25.6. The molecule has 0 bridgehead atoms. The molecule has 2 aromatic heterocycles. The third-order valence-electron chi connectivity index (χ3n) is 9.23. The Hall–Kier alpha value is -8.47. The van der Waals surface area contributed by atoms with Crippen LogP contribution in [-0.2, 0) is 47.8 Å². The second kappa shape index (κ2) is 21.3. The summed E-state index contributed by atoms with van der Waals surface area (Å²) in [7, 11) is -3.05. The van der Waals surface area contributed by atoms with E-state index in [-0.39, 0.29) is 89.7 Å². The number of hydrogen-bond donors (Lipinski definition) is 1. The summed E-state index contributed by atoms with van der Waals surface area (Å²) in [5.41, 5.74) is 1.13. The molecule has 342 valence electrons. The van der Waals surface area contributed by atoms with Gasteiger partial charge in [0.25, 0.3) is 26.1 Å². The Kier molecular flexibility index (Phi) is 15.2. The summed E-state index contributed by atoms with van der Waals surface area (Å²) in [5, 5.41) is 19.2. The van der Waals surface area contributed by atoms with Gasteiger partial charge in [0, 0.05) is 17.8 Å². The van der Waals surface area contributed by atoms with Crippen molar-refractivity contribution in [3.63, 3.8) is 0 Å². The molecule has 0 saturated carbocycles. The van der Waals surface area contributed by atoms with Gasteiger partial charge in [-0.3, -0.25) is 4.72 Å². The highest BCUT2D eigenvalue weighted by atomic mass is 32.2. The molecule has 4 aromatic carbocycles. The van der Waals surface area contributed by atoms with Crippen molar-refractivity contribution in [1.29, 1.82) is 0 Å². The molecule has 0 radical (unpaired) electrons. The minimum Gasteiger partial charge on any atom is -0.493 e. The van der Waals surface area contributed by atoms with E-state index in [1.807, 2.05) is 0 Å². The zero-order valence-electron chi connectivity index (χ0n) is 35.2. The average molecular weight is 926 g/mol. The van der Waals surface area contributed by atoms with Crippen LogP contribution in [0.15, 0.2) is 120 Å². The molecule has 0 aliphatic rings. The summed E-state index contributed by atoms with van der Waals surface area (Å²) in [5.74, 6) is -2.14. The first-order chi connectivity index (χ1) is 31.6. The third kappa shape index (κ3) is 12.6. The van der Waals surface area contributed by atoms with Crippen molar-refractivity contribution in [2.24, 2.45) is 0 Å². The summed E-state index contributed by atoms with van der Waals surface area (Å²) in [6.45, 7) is 2.30. The van der Waals surface area contributed by atoms with Gasteiger partial charge in [-0.15, -0.1) is 20.2 Å². The number of aromatic nitrogens is 4. The van der Waals surface area contributed by atoms with Gasteiger partial charge < -0.3 is 33.4 Å². The van der Waals surface area contributed by atoms with Crippen LogP contribution in [0, 0.1) is 20.2 Å². The Balaban J connectivity index is 1.23. The topological polar surface area (TPSA) is 283 Å². The molecular formula is C43H39N7O15S. The maximum Gasteiger partial charge on any atom is 0.338 e. The predicted molar refractivity (Wildman–Crippen MR) is 229 cm³/mol. The highest BCUT2D eigenvalue weighted by Crippen LogP contribution is 2.41. The van der Waals surface area contributed by atoms with Gasteiger partial charge in [0.1, 0.15) is 33.0 Å². The van der Waals surface area contributed by atoms with Crippen LogP contribution in [-0.4, -0.2) is 77.4 Å². The van der Waals surface area contributed by atoms with Gasteiger partial charge in [-0.1, -0.05) is 62.4 Å². The number of sulfonamides is 1. The molecule has 0 amide bonds. The van der Waals surface area contributed by atoms with E-state index >= 15 is 0 Å². The summed E-state index contributed by atoms with van der Waals surface area (Å²) < 4.78 is 59.4. The molecule has 6 rings (SSSR count). The summed E-state index contributed by atoms with van der Waals surface area (Å²) >= 11 is 0. The van der Waals surface area contributed by atoms with E-state index < -0.39 is 37.6 Å². The van der Waals surface area contributed by atoms with E-state index in [1.165, 1.54) is 80.2 Å². The van der Waals surface area contributed by atoms with Crippen LogP contribution in [0.5, 0.6) is 23.1 Å². The highest BCUT2D eigenvalue weighted by molar-refractivity contribution is 7.92. The molecule has 2 heterocycles. The third-order valence-corrected chi connectivity index (χ3v) is 10.6. The molecule has 0 unspecified atom stereocenters. The lowest BCUT2D eigenvalue weighted by Crippen LogP contribution is -2.26. The molecule has 0 aliphatic carbocycles. The fourth-order valence-corrected chi connectivity index (χ4v) is 6.79. The van der Waals surface area contributed by atoms with Crippen LogP contribution in [0.25, 0.3) is 11.6 Å². The van der Waals surface area contributed by atoms with Crippen LogP contribution < -0.4 is 18.9 Å². The van der Waals surface area contributed by atoms with Crippen molar-refractivity contribution in [3.8, 4) is 34.8 Å². The maximum atomic E-state index is 14.1. The van der Waals surface area contributed by atoms with Gasteiger partial charge >= 0.3 is 11.9 Å². The second-order valence-corrected chi connectivity index (χ2v) is 16.0. The van der Waals surface area contributed by atoms with Crippen molar-refractivity contribution in [2.75, 3.05) is 31.7 Å². The molecule has 0 saturated heterocycles. The molecule has 0 atom stereocenters. The van der Waals surface area contributed by atoms with Crippen LogP contribution >= 0.6 is 0 Å². The SMILES string of the molecule is COc1ccccc1Oc1c(NS(=O)(=O)c2ccc(C(C)(C)COC(=O)c3ccc(CO[N+](=O)[O-])cc3)cc2)nc(-c2ncccn2)nc1OCCOC(=O)c1ccc(CO[N+](=O)[O-])cc1. The zero-order valence-corrected chi connectivity index (χ0v) is 36.0. The van der Waals surface area contributed by atoms with Crippen LogP contribution in [0.1, 0.15) is 51.3 Å². The highest BCUT2D eigenvalue weighted by Gasteiger charge is 2.28. The Morgan fingerprint density at radius 3 is 1.82 bits per heavy atom. The van der Waals surface area contributed by atoms with Gasteiger partial charge in [0.15, 0.2) is 23.1 Å². The Morgan fingerprint density at radius 2 is 1.26 bits per heavy atom. The van der Waals surface area contributed by atoms with Crippen LogP contribution in [0.2, 0.25) is 0 Å². The van der Waals surface area contributed by atoms with Gasteiger partial charge in [-0.2, -0.15) is 4.98 Å². The number of carbonyl (C=O) groups is 2. The van der Waals surface area contributed by atoms with Crippen LogP contribution in [0.4, 0.5) is 5.82 Å². The minimum atomic E-state index is -4.46. The van der Waals surface area contributed by atoms with Crippen molar-refractivity contribution < 1.29 is 61.5 Å².